The summed E-state index contributed by atoms with van der Waals surface area (Å²) in [5.41, 5.74) is 0.815. The number of likely N-dealkylation sites (tertiary alicyclic amines) is 1. The van der Waals surface area contributed by atoms with Gasteiger partial charge in [-0.15, -0.1) is 0 Å². The fourth-order valence-electron chi connectivity index (χ4n) is 4.57. The standard InChI is InChI=1S/C21H30N2O3/c24-20(13-18-7-1-2-10-22-18)23-11-8-19-21(15-23,9-4-12-26-19)16-25-14-17-5-3-6-17/h1-2,7,10,17,19H,3-6,8-9,11-16H2. The Morgan fingerprint density at radius 1 is 1.31 bits per heavy atom. The maximum atomic E-state index is 12.8. The summed E-state index contributed by atoms with van der Waals surface area (Å²) >= 11 is 0. The second kappa shape index (κ2) is 8.05. The minimum Gasteiger partial charge on any atom is -0.380 e. The Labute approximate surface area is 156 Å². The predicted molar refractivity (Wildman–Crippen MR) is 98.7 cm³/mol. The summed E-state index contributed by atoms with van der Waals surface area (Å²) in [7, 11) is 0. The van der Waals surface area contributed by atoms with Crippen LogP contribution in [0.4, 0.5) is 0 Å². The Bertz CT molecular complexity index is 605. The Morgan fingerprint density at radius 2 is 2.23 bits per heavy atom. The third-order valence-corrected chi connectivity index (χ3v) is 6.37. The van der Waals surface area contributed by atoms with E-state index in [0.29, 0.717) is 6.42 Å². The summed E-state index contributed by atoms with van der Waals surface area (Å²) in [6.07, 6.45) is 9.40. The molecule has 1 saturated carbocycles. The molecular weight excluding hydrogens is 328 g/mol. The first-order valence-electron chi connectivity index (χ1n) is 10.1. The summed E-state index contributed by atoms with van der Waals surface area (Å²) in [5, 5.41) is 0. The molecule has 4 rings (SSSR count). The molecule has 2 aliphatic heterocycles. The van der Waals surface area contributed by atoms with Gasteiger partial charge in [-0.1, -0.05) is 12.5 Å². The van der Waals surface area contributed by atoms with Crippen molar-refractivity contribution in [3.63, 3.8) is 0 Å². The molecule has 3 fully saturated rings. The summed E-state index contributed by atoms with van der Waals surface area (Å²) in [5.74, 6) is 0.922. The van der Waals surface area contributed by atoms with E-state index in [0.717, 1.165) is 63.8 Å². The number of rotatable bonds is 6. The zero-order valence-corrected chi connectivity index (χ0v) is 15.6. The summed E-state index contributed by atoms with van der Waals surface area (Å²) in [4.78, 5) is 19.1. The molecule has 0 bridgehead atoms. The second-order valence-electron chi connectivity index (χ2n) is 8.24. The molecule has 1 aromatic heterocycles. The number of nitrogens with zero attached hydrogens (tertiary/aromatic N) is 2. The van der Waals surface area contributed by atoms with Crippen molar-refractivity contribution in [2.75, 3.05) is 32.9 Å². The third kappa shape index (κ3) is 3.94. The quantitative estimate of drug-likeness (QED) is 0.785. The minimum atomic E-state index is -0.0278. The van der Waals surface area contributed by atoms with Crippen molar-refractivity contribution in [1.82, 2.24) is 9.88 Å². The van der Waals surface area contributed by atoms with Gasteiger partial charge in [0.25, 0.3) is 0 Å². The van der Waals surface area contributed by atoms with E-state index in [1.807, 2.05) is 23.1 Å². The molecule has 0 aromatic carbocycles. The van der Waals surface area contributed by atoms with Crippen LogP contribution in [0.1, 0.15) is 44.2 Å². The molecule has 2 atom stereocenters. The average Bonchev–Trinajstić information content (AvgIpc) is 2.64. The maximum absolute atomic E-state index is 12.8. The van der Waals surface area contributed by atoms with Crippen molar-refractivity contribution >= 4 is 5.91 Å². The highest BCUT2D eigenvalue weighted by Crippen LogP contribution is 2.41. The first-order valence-corrected chi connectivity index (χ1v) is 10.1. The van der Waals surface area contributed by atoms with Crippen LogP contribution in [0, 0.1) is 11.3 Å². The first-order chi connectivity index (χ1) is 12.8. The molecule has 1 aromatic rings. The molecule has 142 valence electrons. The van der Waals surface area contributed by atoms with Crippen molar-refractivity contribution in [3.8, 4) is 0 Å². The second-order valence-corrected chi connectivity index (χ2v) is 8.24. The molecule has 2 unspecified atom stereocenters. The number of hydrogen-bond acceptors (Lipinski definition) is 4. The predicted octanol–water partition coefficient (Wildman–Crippen LogP) is 2.84. The topological polar surface area (TPSA) is 51.7 Å². The van der Waals surface area contributed by atoms with Crippen molar-refractivity contribution < 1.29 is 14.3 Å². The highest BCUT2D eigenvalue weighted by atomic mass is 16.5. The largest absolute Gasteiger partial charge is 0.380 e. The third-order valence-electron chi connectivity index (χ3n) is 6.37. The Balaban J connectivity index is 1.39. The molecule has 2 saturated heterocycles. The van der Waals surface area contributed by atoms with Crippen LogP contribution < -0.4 is 0 Å². The molecule has 26 heavy (non-hydrogen) atoms. The smallest absolute Gasteiger partial charge is 0.228 e. The zero-order chi connectivity index (χ0) is 17.8. The van der Waals surface area contributed by atoms with Gasteiger partial charge in [-0.2, -0.15) is 0 Å². The molecule has 1 amide bonds. The number of pyridine rings is 1. The van der Waals surface area contributed by atoms with Crippen LogP contribution in [-0.4, -0.2) is 54.8 Å². The number of fused-ring (bicyclic) bond motifs is 1. The number of ether oxygens (including phenoxy) is 2. The molecule has 1 aliphatic carbocycles. The van der Waals surface area contributed by atoms with E-state index in [1.54, 1.807) is 6.20 Å². The van der Waals surface area contributed by atoms with E-state index in [9.17, 15) is 4.79 Å². The number of hydrogen-bond donors (Lipinski definition) is 0. The molecule has 0 spiro atoms. The highest BCUT2D eigenvalue weighted by Gasteiger charge is 2.47. The van der Waals surface area contributed by atoms with E-state index in [2.05, 4.69) is 4.98 Å². The highest BCUT2D eigenvalue weighted by molar-refractivity contribution is 5.78. The van der Waals surface area contributed by atoms with Crippen LogP contribution in [0.2, 0.25) is 0 Å². The SMILES string of the molecule is O=C(Cc1ccccn1)N1CCC2OCCCC2(COCC2CCC2)C1. The molecule has 3 aliphatic rings. The van der Waals surface area contributed by atoms with Crippen molar-refractivity contribution in [2.45, 2.75) is 51.0 Å². The van der Waals surface area contributed by atoms with Gasteiger partial charge in [0.1, 0.15) is 0 Å². The monoisotopic (exact) mass is 358 g/mol. The lowest BCUT2D eigenvalue weighted by Gasteiger charge is -2.50. The van der Waals surface area contributed by atoms with Gasteiger partial charge < -0.3 is 14.4 Å². The zero-order valence-electron chi connectivity index (χ0n) is 15.6. The van der Waals surface area contributed by atoms with Gasteiger partial charge in [0.05, 0.1) is 19.1 Å². The first kappa shape index (κ1) is 17.9. The Kier molecular flexibility index (Phi) is 5.55. The normalized spacial score (nSPS) is 29.1. The number of carbonyl (C=O) groups is 1. The Hall–Kier alpha value is -1.46. The summed E-state index contributed by atoms with van der Waals surface area (Å²) in [6.45, 7) is 3.98. The molecule has 0 N–H and O–H groups in total. The number of piperidine rings is 1. The van der Waals surface area contributed by atoms with Crippen LogP contribution in [0.15, 0.2) is 24.4 Å². The van der Waals surface area contributed by atoms with Gasteiger partial charge in [0, 0.05) is 43.6 Å². The van der Waals surface area contributed by atoms with Crippen LogP contribution in [0.25, 0.3) is 0 Å². The summed E-state index contributed by atoms with van der Waals surface area (Å²) in [6, 6.07) is 5.74. The van der Waals surface area contributed by atoms with Crippen LogP contribution in [0.3, 0.4) is 0 Å². The van der Waals surface area contributed by atoms with Crippen molar-refractivity contribution in [3.05, 3.63) is 30.1 Å². The van der Waals surface area contributed by atoms with E-state index in [-0.39, 0.29) is 17.4 Å². The molecule has 5 heteroatoms. The fraction of sp³-hybridized carbons (Fsp3) is 0.714. The van der Waals surface area contributed by atoms with E-state index in [1.165, 1.54) is 19.3 Å². The number of amides is 1. The lowest BCUT2D eigenvalue weighted by molar-refractivity contribution is -0.166. The van der Waals surface area contributed by atoms with Gasteiger partial charge in [-0.3, -0.25) is 9.78 Å². The van der Waals surface area contributed by atoms with Gasteiger partial charge in [0.2, 0.25) is 5.91 Å². The van der Waals surface area contributed by atoms with E-state index in [4.69, 9.17) is 9.47 Å². The molecular formula is C21H30N2O3. The molecule has 0 radical (unpaired) electrons. The Morgan fingerprint density at radius 3 is 3.00 bits per heavy atom. The average molecular weight is 358 g/mol. The number of carbonyl (C=O) groups excluding carboxylic acids is 1. The van der Waals surface area contributed by atoms with Crippen molar-refractivity contribution in [1.29, 1.82) is 0 Å². The van der Waals surface area contributed by atoms with E-state index >= 15 is 0 Å². The number of aromatic nitrogens is 1. The summed E-state index contributed by atoms with van der Waals surface area (Å²) < 4.78 is 12.3. The van der Waals surface area contributed by atoms with Gasteiger partial charge in [-0.25, -0.2) is 0 Å². The lowest BCUT2D eigenvalue weighted by atomic mass is 9.73. The van der Waals surface area contributed by atoms with Gasteiger partial charge in [-0.05, 0) is 50.2 Å². The van der Waals surface area contributed by atoms with E-state index < -0.39 is 0 Å². The van der Waals surface area contributed by atoms with Gasteiger partial charge >= 0.3 is 0 Å². The molecule has 5 nitrogen and oxygen atoms in total. The van der Waals surface area contributed by atoms with Crippen LogP contribution in [0.5, 0.6) is 0 Å². The fourth-order valence-corrected chi connectivity index (χ4v) is 4.57. The van der Waals surface area contributed by atoms with Crippen LogP contribution in [-0.2, 0) is 20.7 Å². The maximum Gasteiger partial charge on any atom is 0.228 e. The minimum absolute atomic E-state index is 0.0278. The van der Waals surface area contributed by atoms with Gasteiger partial charge in [0.15, 0.2) is 0 Å². The lowest BCUT2D eigenvalue weighted by Crippen LogP contribution is -2.58. The molecule has 3 heterocycles. The van der Waals surface area contributed by atoms with Crippen molar-refractivity contribution in [2.24, 2.45) is 11.3 Å². The van der Waals surface area contributed by atoms with Crippen LogP contribution >= 0.6 is 0 Å².